The van der Waals surface area contributed by atoms with Crippen molar-refractivity contribution in [3.63, 3.8) is 0 Å². The van der Waals surface area contributed by atoms with E-state index in [-0.39, 0.29) is 0 Å². The molecule has 0 spiro atoms. The first kappa shape index (κ1) is 14.7. The Balaban J connectivity index is 3.29. The van der Waals surface area contributed by atoms with Crippen LogP contribution in [0, 0.1) is 0 Å². The molecular weight excluding hydrogens is 192 g/mol. The Labute approximate surface area is 101 Å². The lowest BCUT2D eigenvalue weighted by Crippen LogP contribution is -1.69. The molecule has 0 fully saturated rings. The monoisotopic (exact) mass is 216 g/mol. The molecule has 0 heteroatoms. The second-order valence-corrected chi connectivity index (χ2v) is 3.67. The van der Waals surface area contributed by atoms with Gasteiger partial charge in [-0.1, -0.05) is 55.2 Å². The van der Waals surface area contributed by atoms with Crippen LogP contribution in [0.5, 0.6) is 0 Å². The van der Waals surface area contributed by atoms with Gasteiger partial charge in [0.15, 0.2) is 0 Å². The summed E-state index contributed by atoms with van der Waals surface area (Å²) in [5.74, 6) is 0. The van der Waals surface area contributed by atoms with Crippen LogP contribution in [0.2, 0.25) is 0 Å². The molecule has 0 atom stereocenters. The summed E-state index contributed by atoms with van der Waals surface area (Å²) in [6.07, 6.45) is 23.7. The van der Waals surface area contributed by atoms with Crippen LogP contribution in [0.1, 0.15) is 38.5 Å². The van der Waals surface area contributed by atoms with Crippen molar-refractivity contribution in [2.24, 2.45) is 0 Å². The minimum absolute atomic E-state index is 1.11. The Bertz CT molecular complexity index is 241. The van der Waals surface area contributed by atoms with Crippen molar-refractivity contribution in [3.05, 3.63) is 61.8 Å². The topological polar surface area (TPSA) is 0 Å². The van der Waals surface area contributed by atoms with Gasteiger partial charge in [-0.3, -0.25) is 0 Å². The predicted octanol–water partition coefficient (Wildman–Crippen LogP) is 5.37. The fraction of sp³-hybridized carbons (Fsp3) is 0.375. The van der Waals surface area contributed by atoms with Gasteiger partial charge in [0.05, 0.1) is 0 Å². The van der Waals surface area contributed by atoms with Crippen molar-refractivity contribution >= 4 is 0 Å². The summed E-state index contributed by atoms with van der Waals surface area (Å²) >= 11 is 0. The average molecular weight is 216 g/mol. The number of hydrogen-bond acceptors (Lipinski definition) is 0. The van der Waals surface area contributed by atoms with Gasteiger partial charge in [-0.05, 0) is 38.5 Å². The zero-order valence-electron chi connectivity index (χ0n) is 10.3. The third kappa shape index (κ3) is 12.7. The minimum atomic E-state index is 1.11. The van der Waals surface area contributed by atoms with Gasteiger partial charge in [-0.25, -0.2) is 0 Å². The summed E-state index contributed by atoms with van der Waals surface area (Å²) < 4.78 is 0. The van der Waals surface area contributed by atoms with Crippen molar-refractivity contribution in [3.8, 4) is 0 Å². The second-order valence-electron chi connectivity index (χ2n) is 3.67. The molecule has 16 heavy (non-hydrogen) atoms. The summed E-state index contributed by atoms with van der Waals surface area (Å²) in [5, 5.41) is 0. The van der Waals surface area contributed by atoms with E-state index in [0.717, 1.165) is 25.7 Å². The lowest BCUT2D eigenvalue weighted by Gasteiger charge is -1.89. The first-order valence-electron chi connectivity index (χ1n) is 6.12. The maximum Gasteiger partial charge on any atom is -0.0345 e. The highest BCUT2D eigenvalue weighted by molar-refractivity contribution is 5.02. The lowest BCUT2D eigenvalue weighted by molar-refractivity contribution is 0.865. The van der Waals surface area contributed by atoms with E-state index in [1.54, 1.807) is 0 Å². The molecule has 0 aromatic heterocycles. The molecule has 0 rings (SSSR count). The van der Waals surface area contributed by atoms with E-state index in [1.165, 1.54) is 12.8 Å². The van der Waals surface area contributed by atoms with Gasteiger partial charge < -0.3 is 0 Å². The third-order valence-corrected chi connectivity index (χ3v) is 2.18. The summed E-state index contributed by atoms with van der Waals surface area (Å²) in [7, 11) is 0. The van der Waals surface area contributed by atoms with Crippen molar-refractivity contribution in [1.82, 2.24) is 0 Å². The second kappa shape index (κ2) is 13.7. The number of hydrogen-bond donors (Lipinski definition) is 0. The first-order chi connectivity index (χ1) is 7.91. The highest BCUT2D eigenvalue weighted by Crippen LogP contribution is 1.99. The maximum atomic E-state index is 3.70. The highest BCUT2D eigenvalue weighted by Gasteiger charge is 1.79. The summed E-state index contributed by atoms with van der Waals surface area (Å²) in [4.78, 5) is 0. The largest absolute Gasteiger partial charge is 0.103 e. The maximum absolute atomic E-state index is 3.70. The SMILES string of the molecule is C=CC=CCCCC=CC=CCCCC=C. The predicted molar refractivity (Wildman–Crippen MR) is 75.5 cm³/mol. The molecule has 0 radical (unpaired) electrons. The van der Waals surface area contributed by atoms with Gasteiger partial charge in [0.25, 0.3) is 0 Å². The van der Waals surface area contributed by atoms with E-state index in [0.29, 0.717) is 0 Å². The van der Waals surface area contributed by atoms with Gasteiger partial charge in [0.2, 0.25) is 0 Å². The Kier molecular flexibility index (Phi) is 12.6. The molecule has 0 amide bonds. The molecule has 88 valence electrons. The van der Waals surface area contributed by atoms with Gasteiger partial charge in [0, 0.05) is 0 Å². The molecule has 0 saturated heterocycles. The summed E-state index contributed by atoms with van der Waals surface area (Å²) in [6, 6.07) is 0. The average Bonchev–Trinajstić information content (AvgIpc) is 2.31. The molecule has 0 aliphatic rings. The Morgan fingerprint density at radius 2 is 1.12 bits per heavy atom. The van der Waals surface area contributed by atoms with Gasteiger partial charge >= 0.3 is 0 Å². The van der Waals surface area contributed by atoms with E-state index < -0.39 is 0 Å². The quantitative estimate of drug-likeness (QED) is 0.262. The van der Waals surface area contributed by atoms with Crippen LogP contribution in [0.4, 0.5) is 0 Å². The Morgan fingerprint density at radius 3 is 1.62 bits per heavy atom. The molecule has 0 aromatic rings. The van der Waals surface area contributed by atoms with E-state index in [2.05, 4.69) is 43.5 Å². The van der Waals surface area contributed by atoms with Crippen molar-refractivity contribution in [2.75, 3.05) is 0 Å². The van der Waals surface area contributed by atoms with E-state index in [1.807, 2.05) is 18.2 Å². The Hall–Kier alpha value is -1.30. The van der Waals surface area contributed by atoms with Gasteiger partial charge in [-0.15, -0.1) is 6.58 Å². The number of rotatable bonds is 10. The molecule has 0 N–H and O–H groups in total. The molecule has 0 heterocycles. The standard InChI is InChI=1S/C16H24/c1-3-5-7-9-11-13-15-16-14-12-10-8-6-4-2/h3-5,7,12,14-16H,1-2,6,8-11,13H2. The fourth-order valence-electron chi connectivity index (χ4n) is 1.28. The van der Waals surface area contributed by atoms with E-state index >= 15 is 0 Å². The van der Waals surface area contributed by atoms with Crippen LogP contribution in [-0.2, 0) is 0 Å². The first-order valence-corrected chi connectivity index (χ1v) is 6.12. The fourth-order valence-corrected chi connectivity index (χ4v) is 1.28. The van der Waals surface area contributed by atoms with Crippen molar-refractivity contribution in [1.29, 1.82) is 0 Å². The molecule has 0 saturated carbocycles. The van der Waals surface area contributed by atoms with Crippen LogP contribution >= 0.6 is 0 Å². The molecule has 0 aromatic carbocycles. The Morgan fingerprint density at radius 1 is 0.625 bits per heavy atom. The highest BCUT2D eigenvalue weighted by atomic mass is 13.9. The van der Waals surface area contributed by atoms with Crippen molar-refractivity contribution < 1.29 is 0 Å². The molecular formula is C16H24. The normalized spacial score (nSPS) is 11.8. The minimum Gasteiger partial charge on any atom is -0.103 e. The third-order valence-electron chi connectivity index (χ3n) is 2.18. The van der Waals surface area contributed by atoms with Crippen LogP contribution in [0.25, 0.3) is 0 Å². The van der Waals surface area contributed by atoms with Crippen LogP contribution < -0.4 is 0 Å². The molecule has 0 aliphatic carbocycles. The summed E-state index contributed by atoms with van der Waals surface area (Å²) in [6.45, 7) is 7.33. The van der Waals surface area contributed by atoms with E-state index in [9.17, 15) is 0 Å². The molecule has 0 nitrogen and oxygen atoms in total. The molecule has 0 bridgehead atoms. The van der Waals surface area contributed by atoms with Crippen LogP contribution in [0.3, 0.4) is 0 Å². The molecule has 0 unspecified atom stereocenters. The van der Waals surface area contributed by atoms with Gasteiger partial charge in [0.1, 0.15) is 0 Å². The number of allylic oxidation sites excluding steroid dienone is 8. The molecule has 0 aliphatic heterocycles. The van der Waals surface area contributed by atoms with Crippen LogP contribution in [0.15, 0.2) is 61.8 Å². The van der Waals surface area contributed by atoms with Crippen molar-refractivity contribution in [2.45, 2.75) is 38.5 Å². The zero-order chi connectivity index (χ0) is 11.9. The summed E-state index contributed by atoms with van der Waals surface area (Å²) in [5.41, 5.74) is 0. The van der Waals surface area contributed by atoms with Crippen LogP contribution in [-0.4, -0.2) is 0 Å². The van der Waals surface area contributed by atoms with E-state index in [4.69, 9.17) is 0 Å². The number of unbranched alkanes of at least 4 members (excludes halogenated alkanes) is 4. The smallest absolute Gasteiger partial charge is 0.0345 e. The van der Waals surface area contributed by atoms with Gasteiger partial charge in [-0.2, -0.15) is 0 Å². The lowest BCUT2D eigenvalue weighted by atomic mass is 10.2. The zero-order valence-corrected chi connectivity index (χ0v) is 10.3.